The minimum atomic E-state index is -3.12. The predicted octanol–water partition coefficient (Wildman–Crippen LogP) is 3.04. The van der Waals surface area contributed by atoms with Crippen molar-refractivity contribution >= 4 is 41.2 Å². The highest BCUT2D eigenvalue weighted by molar-refractivity contribution is 6.30. The molecule has 4 rings (SSSR count). The van der Waals surface area contributed by atoms with E-state index in [0.29, 0.717) is 21.9 Å². The molecular weight excluding hydrogens is 454 g/mol. The number of alkyl halides is 2. The van der Waals surface area contributed by atoms with Crippen molar-refractivity contribution in [2.75, 3.05) is 13.1 Å². The zero-order valence-corrected chi connectivity index (χ0v) is 17.8. The molecule has 4 heterocycles. The first-order valence-corrected chi connectivity index (χ1v) is 10.2. The summed E-state index contributed by atoms with van der Waals surface area (Å²) in [6, 6.07) is 5.41. The summed E-state index contributed by atoms with van der Waals surface area (Å²) in [5, 5.41) is 12.0. The number of imidazole rings is 1. The highest BCUT2D eigenvalue weighted by Crippen LogP contribution is 2.31. The second kappa shape index (κ2) is 8.96. The quantitative estimate of drug-likeness (QED) is 0.617. The molecule has 1 saturated heterocycles. The SMILES string of the molecule is N#C[C@@H]1CC(F)(F)CN1C(=O)CNC(=O)c1ccncc1/C=C/c1cn2ccc(Cl)cc2n1. The molecule has 33 heavy (non-hydrogen) atoms. The Kier molecular flexibility index (Phi) is 6.07. The van der Waals surface area contributed by atoms with Crippen molar-refractivity contribution in [2.24, 2.45) is 0 Å². The zero-order valence-electron chi connectivity index (χ0n) is 17.1. The Balaban J connectivity index is 1.45. The number of aromatic nitrogens is 3. The molecule has 0 radical (unpaired) electrons. The molecule has 1 N–H and O–H groups in total. The summed E-state index contributed by atoms with van der Waals surface area (Å²) in [5.74, 6) is -4.44. The van der Waals surface area contributed by atoms with E-state index in [2.05, 4.69) is 15.3 Å². The number of amides is 2. The summed E-state index contributed by atoms with van der Waals surface area (Å²) < 4.78 is 28.9. The Morgan fingerprint density at radius 1 is 1.36 bits per heavy atom. The molecule has 11 heteroatoms. The normalized spacial score (nSPS) is 17.4. The van der Waals surface area contributed by atoms with E-state index < -0.39 is 43.3 Å². The van der Waals surface area contributed by atoms with Gasteiger partial charge in [0.25, 0.3) is 11.8 Å². The van der Waals surface area contributed by atoms with E-state index in [1.54, 1.807) is 47.1 Å². The maximum Gasteiger partial charge on any atom is 0.268 e. The van der Waals surface area contributed by atoms with E-state index in [1.807, 2.05) is 0 Å². The number of pyridine rings is 2. The Morgan fingerprint density at radius 2 is 2.18 bits per heavy atom. The van der Waals surface area contributed by atoms with E-state index in [1.165, 1.54) is 18.5 Å². The fourth-order valence-corrected chi connectivity index (χ4v) is 3.68. The number of hydrogen-bond acceptors (Lipinski definition) is 5. The molecule has 0 bridgehead atoms. The molecule has 1 aliphatic heterocycles. The summed E-state index contributed by atoms with van der Waals surface area (Å²) in [6.07, 6.45) is 9.10. The van der Waals surface area contributed by atoms with Gasteiger partial charge in [-0.2, -0.15) is 5.26 Å². The fraction of sp³-hybridized carbons (Fsp3) is 0.227. The third-order valence-corrected chi connectivity index (χ3v) is 5.35. The van der Waals surface area contributed by atoms with Gasteiger partial charge in [0.05, 0.1) is 24.9 Å². The Hall–Kier alpha value is -3.84. The van der Waals surface area contributed by atoms with Crippen LogP contribution in [0.15, 0.2) is 43.0 Å². The first-order valence-electron chi connectivity index (χ1n) is 9.87. The first kappa shape index (κ1) is 22.4. The number of nitriles is 1. The molecule has 168 valence electrons. The molecule has 0 aliphatic carbocycles. The van der Waals surface area contributed by atoms with Gasteiger partial charge in [0, 0.05) is 53.4 Å². The highest BCUT2D eigenvalue weighted by atomic mass is 35.5. The Bertz CT molecular complexity index is 1300. The van der Waals surface area contributed by atoms with Gasteiger partial charge in [0.15, 0.2) is 0 Å². The molecule has 1 atom stereocenters. The van der Waals surface area contributed by atoms with Gasteiger partial charge in [0.1, 0.15) is 11.7 Å². The monoisotopic (exact) mass is 470 g/mol. The first-order chi connectivity index (χ1) is 15.8. The molecule has 0 aromatic carbocycles. The standard InChI is InChI=1S/C22H17ClF2N6O2/c23-15-4-6-30-12-16(29-19(30)7-15)2-1-14-10-27-5-3-18(14)21(33)28-11-20(32)31-13-22(24,25)8-17(31)9-26/h1-7,10,12,17H,8,11,13H2,(H,28,33)/b2-1+/t17-/m0/s1. The third kappa shape index (κ3) is 4.99. The largest absolute Gasteiger partial charge is 0.343 e. The maximum absolute atomic E-state index is 13.6. The van der Waals surface area contributed by atoms with Crippen LogP contribution in [0.1, 0.15) is 28.0 Å². The fourth-order valence-electron chi connectivity index (χ4n) is 3.53. The summed E-state index contributed by atoms with van der Waals surface area (Å²) in [4.78, 5) is 34.2. The van der Waals surface area contributed by atoms with Crippen LogP contribution < -0.4 is 5.32 Å². The summed E-state index contributed by atoms with van der Waals surface area (Å²) in [6.45, 7) is -1.35. The van der Waals surface area contributed by atoms with Crippen LogP contribution in [0.2, 0.25) is 5.02 Å². The van der Waals surface area contributed by atoms with Crippen molar-refractivity contribution in [3.8, 4) is 6.07 Å². The Labute approximate surface area is 192 Å². The van der Waals surface area contributed by atoms with Crippen LogP contribution in [-0.4, -0.2) is 56.1 Å². The van der Waals surface area contributed by atoms with E-state index in [4.69, 9.17) is 16.9 Å². The van der Waals surface area contributed by atoms with E-state index in [9.17, 15) is 18.4 Å². The van der Waals surface area contributed by atoms with Crippen molar-refractivity contribution in [3.63, 3.8) is 0 Å². The molecule has 0 unspecified atom stereocenters. The molecule has 8 nitrogen and oxygen atoms in total. The van der Waals surface area contributed by atoms with Crippen molar-refractivity contribution in [1.29, 1.82) is 5.26 Å². The van der Waals surface area contributed by atoms with Gasteiger partial charge in [-0.25, -0.2) is 13.8 Å². The van der Waals surface area contributed by atoms with Gasteiger partial charge in [-0.1, -0.05) is 17.7 Å². The highest BCUT2D eigenvalue weighted by Gasteiger charge is 2.47. The molecular formula is C22H17ClF2N6O2. The van der Waals surface area contributed by atoms with Gasteiger partial charge in [-0.15, -0.1) is 0 Å². The smallest absolute Gasteiger partial charge is 0.268 e. The van der Waals surface area contributed by atoms with Crippen LogP contribution in [0.25, 0.3) is 17.8 Å². The van der Waals surface area contributed by atoms with Crippen molar-refractivity contribution in [1.82, 2.24) is 24.6 Å². The number of likely N-dealkylation sites (tertiary alicyclic amines) is 1. The van der Waals surface area contributed by atoms with Crippen molar-refractivity contribution < 1.29 is 18.4 Å². The van der Waals surface area contributed by atoms with Crippen molar-refractivity contribution in [3.05, 3.63) is 64.8 Å². The number of nitrogens with zero attached hydrogens (tertiary/aromatic N) is 5. The van der Waals surface area contributed by atoms with Gasteiger partial charge >= 0.3 is 0 Å². The van der Waals surface area contributed by atoms with E-state index in [0.717, 1.165) is 4.90 Å². The van der Waals surface area contributed by atoms with Crippen molar-refractivity contribution in [2.45, 2.75) is 18.4 Å². The van der Waals surface area contributed by atoms with E-state index >= 15 is 0 Å². The summed E-state index contributed by atoms with van der Waals surface area (Å²) in [7, 11) is 0. The molecule has 2 amide bonds. The number of nitrogens with one attached hydrogen (secondary N) is 1. The second-order valence-electron chi connectivity index (χ2n) is 7.48. The van der Waals surface area contributed by atoms with Crippen LogP contribution in [0.5, 0.6) is 0 Å². The third-order valence-electron chi connectivity index (χ3n) is 5.11. The van der Waals surface area contributed by atoms with Crippen LogP contribution in [0, 0.1) is 11.3 Å². The number of rotatable bonds is 5. The maximum atomic E-state index is 13.6. The summed E-state index contributed by atoms with van der Waals surface area (Å²) >= 11 is 5.98. The molecule has 1 fully saturated rings. The molecule has 1 aliphatic rings. The number of hydrogen-bond donors (Lipinski definition) is 1. The predicted molar refractivity (Wildman–Crippen MR) is 116 cm³/mol. The molecule has 0 saturated carbocycles. The summed E-state index contributed by atoms with van der Waals surface area (Å²) in [5.41, 5.74) is 2.00. The average Bonchev–Trinajstić information content (AvgIpc) is 3.34. The zero-order chi connectivity index (χ0) is 23.6. The van der Waals surface area contributed by atoms with Gasteiger partial charge in [0.2, 0.25) is 5.91 Å². The van der Waals surface area contributed by atoms with E-state index in [-0.39, 0.29) is 5.56 Å². The second-order valence-corrected chi connectivity index (χ2v) is 7.92. The lowest BCUT2D eigenvalue weighted by Crippen LogP contribution is -2.43. The van der Waals surface area contributed by atoms with Gasteiger partial charge < -0.3 is 14.6 Å². The molecule has 0 spiro atoms. The minimum absolute atomic E-state index is 0.240. The lowest BCUT2D eigenvalue weighted by Gasteiger charge is -2.19. The number of halogens is 3. The van der Waals surface area contributed by atoms with Crippen LogP contribution >= 0.6 is 11.6 Å². The van der Waals surface area contributed by atoms with Crippen LogP contribution in [-0.2, 0) is 4.79 Å². The minimum Gasteiger partial charge on any atom is -0.343 e. The number of carbonyl (C=O) groups is 2. The lowest BCUT2D eigenvalue weighted by atomic mass is 10.1. The average molecular weight is 471 g/mol. The molecule has 3 aromatic rings. The number of carbonyl (C=O) groups excluding carboxylic acids is 2. The van der Waals surface area contributed by atoms with Gasteiger partial charge in [-0.05, 0) is 18.2 Å². The van der Waals surface area contributed by atoms with Crippen LogP contribution in [0.3, 0.4) is 0 Å². The Morgan fingerprint density at radius 3 is 2.97 bits per heavy atom. The number of fused-ring (bicyclic) bond motifs is 1. The van der Waals surface area contributed by atoms with Gasteiger partial charge in [-0.3, -0.25) is 14.6 Å². The van der Waals surface area contributed by atoms with Crippen LogP contribution in [0.4, 0.5) is 8.78 Å². The lowest BCUT2D eigenvalue weighted by molar-refractivity contribution is -0.131. The molecule has 3 aromatic heterocycles. The topological polar surface area (TPSA) is 103 Å².